The first-order valence-electron chi connectivity index (χ1n) is 12.7. The number of carbonyl (C=O) groups excluding carboxylic acids is 1. The van der Waals surface area contributed by atoms with Gasteiger partial charge < -0.3 is 4.90 Å². The third kappa shape index (κ3) is 5.86. The fourth-order valence-electron chi connectivity index (χ4n) is 4.27. The van der Waals surface area contributed by atoms with Crippen LogP contribution in [0.3, 0.4) is 0 Å². The quantitative estimate of drug-likeness (QED) is 0.278. The lowest BCUT2D eigenvalue weighted by molar-refractivity contribution is -0.114. The molecule has 180 valence electrons. The number of fused-ring (bicyclic) bond motifs is 1. The molecule has 0 fully saturated rings. The van der Waals surface area contributed by atoms with Gasteiger partial charge in [-0.2, -0.15) is 10.1 Å². The van der Waals surface area contributed by atoms with Gasteiger partial charge in [0.25, 0.3) is 5.91 Å². The Labute approximate surface area is 208 Å². The summed E-state index contributed by atoms with van der Waals surface area (Å²) in [6.07, 6.45) is 20.3. The molecule has 0 N–H and O–H groups in total. The van der Waals surface area contributed by atoms with E-state index in [9.17, 15) is 4.79 Å². The Morgan fingerprint density at radius 3 is 2.51 bits per heavy atom. The van der Waals surface area contributed by atoms with Crippen molar-refractivity contribution >= 4 is 28.7 Å². The van der Waals surface area contributed by atoms with Gasteiger partial charge in [-0.3, -0.25) is 4.79 Å². The van der Waals surface area contributed by atoms with E-state index in [0.29, 0.717) is 11.4 Å². The van der Waals surface area contributed by atoms with Crippen molar-refractivity contribution in [2.24, 2.45) is 5.10 Å². The Morgan fingerprint density at radius 2 is 1.71 bits per heavy atom. The number of para-hydroxylation sites is 1. The summed E-state index contributed by atoms with van der Waals surface area (Å²) in [5.74, 6) is 0.429. The Hall–Kier alpha value is -3.73. The molecule has 3 heterocycles. The standard InChI is InChI=1S/C30H34N4O/c1-3-5-7-17-27-26(30(35)34(32-27)29-19-12-13-21-31-29)16-9-8-14-24-20-23-33(22-6-4-2)28-18-11-10-15-25(24)28/h8-16,18-21,23H,3-7,17,22H2,1-2H3/b9-8+,24-14+,26-16?. The molecule has 2 aliphatic rings. The third-order valence-electron chi connectivity index (χ3n) is 6.20. The van der Waals surface area contributed by atoms with Crippen molar-refractivity contribution in [2.45, 2.75) is 52.4 Å². The zero-order chi connectivity index (χ0) is 24.5. The second-order valence-electron chi connectivity index (χ2n) is 8.78. The molecule has 1 aromatic carbocycles. The first-order chi connectivity index (χ1) is 17.2. The molecule has 4 rings (SSSR count). The summed E-state index contributed by atoms with van der Waals surface area (Å²) in [6, 6.07) is 14.0. The highest BCUT2D eigenvalue weighted by atomic mass is 16.2. The molecule has 0 saturated heterocycles. The number of hydrazone groups is 1. The largest absolute Gasteiger partial charge is 0.347 e. The van der Waals surface area contributed by atoms with Crippen molar-refractivity contribution in [3.05, 3.63) is 96.4 Å². The second kappa shape index (κ2) is 12.1. The van der Waals surface area contributed by atoms with Crippen LogP contribution in [-0.2, 0) is 4.79 Å². The lowest BCUT2D eigenvalue weighted by Gasteiger charge is -2.27. The number of benzene rings is 1. The Morgan fingerprint density at radius 1 is 0.914 bits per heavy atom. The molecule has 5 heteroatoms. The van der Waals surface area contributed by atoms with Crippen LogP contribution in [0, 0.1) is 0 Å². The number of unbranched alkanes of at least 4 members (excludes halogenated alkanes) is 3. The molecule has 35 heavy (non-hydrogen) atoms. The van der Waals surface area contributed by atoms with Crippen LogP contribution in [0.2, 0.25) is 0 Å². The molecule has 1 aromatic heterocycles. The van der Waals surface area contributed by atoms with Gasteiger partial charge in [-0.1, -0.05) is 75.6 Å². The van der Waals surface area contributed by atoms with Crippen LogP contribution >= 0.6 is 0 Å². The summed E-state index contributed by atoms with van der Waals surface area (Å²) >= 11 is 0. The monoisotopic (exact) mass is 466 g/mol. The molecule has 2 aromatic rings. The van der Waals surface area contributed by atoms with E-state index >= 15 is 0 Å². The summed E-state index contributed by atoms with van der Waals surface area (Å²) in [5, 5.41) is 6.05. The van der Waals surface area contributed by atoms with Crippen molar-refractivity contribution in [1.29, 1.82) is 0 Å². The number of rotatable bonds is 10. The van der Waals surface area contributed by atoms with Crippen molar-refractivity contribution in [3.63, 3.8) is 0 Å². The molecule has 0 bridgehead atoms. The molecule has 0 unspecified atom stereocenters. The molecular weight excluding hydrogens is 432 g/mol. The fraction of sp³-hybridized carbons (Fsp3) is 0.300. The van der Waals surface area contributed by atoms with E-state index in [1.165, 1.54) is 22.7 Å². The van der Waals surface area contributed by atoms with Crippen LogP contribution in [0.5, 0.6) is 0 Å². The van der Waals surface area contributed by atoms with E-state index in [1.807, 2.05) is 36.4 Å². The zero-order valence-corrected chi connectivity index (χ0v) is 20.7. The molecule has 1 amide bonds. The fourth-order valence-corrected chi connectivity index (χ4v) is 4.27. The number of anilines is 2. The zero-order valence-electron chi connectivity index (χ0n) is 20.7. The highest BCUT2D eigenvalue weighted by Crippen LogP contribution is 2.33. The number of hydrogen-bond donors (Lipinski definition) is 0. The molecule has 0 spiro atoms. The molecule has 0 atom stereocenters. The minimum absolute atomic E-state index is 0.123. The molecule has 0 aliphatic carbocycles. The van der Waals surface area contributed by atoms with Crippen molar-refractivity contribution in [1.82, 2.24) is 4.98 Å². The normalized spacial score (nSPS) is 17.7. The summed E-state index contributed by atoms with van der Waals surface area (Å²) in [4.78, 5) is 19.8. The Kier molecular flexibility index (Phi) is 8.44. The lowest BCUT2D eigenvalue weighted by Crippen LogP contribution is -2.22. The molecular formula is C30H34N4O. The average Bonchev–Trinajstić information content (AvgIpc) is 3.21. The van der Waals surface area contributed by atoms with Crippen LogP contribution in [0.25, 0.3) is 5.57 Å². The Bertz CT molecular complexity index is 1170. The van der Waals surface area contributed by atoms with Gasteiger partial charge in [0.15, 0.2) is 5.82 Å². The van der Waals surface area contributed by atoms with E-state index < -0.39 is 0 Å². The number of pyridine rings is 1. The van der Waals surface area contributed by atoms with E-state index in [0.717, 1.165) is 49.9 Å². The number of allylic oxidation sites excluding steroid dienone is 6. The van der Waals surface area contributed by atoms with E-state index in [4.69, 9.17) is 0 Å². The van der Waals surface area contributed by atoms with Crippen LogP contribution < -0.4 is 9.91 Å². The number of hydrogen-bond acceptors (Lipinski definition) is 4. The van der Waals surface area contributed by atoms with Gasteiger partial charge in [0.05, 0.1) is 11.3 Å². The van der Waals surface area contributed by atoms with Gasteiger partial charge in [0.2, 0.25) is 0 Å². The van der Waals surface area contributed by atoms with Gasteiger partial charge >= 0.3 is 0 Å². The van der Waals surface area contributed by atoms with Gasteiger partial charge in [0.1, 0.15) is 0 Å². The predicted octanol–water partition coefficient (Wildman–Crippen LogP) is 7.06. The summed E-state index contributed by atoms with van der Waals surface area (Å²) in [7, 11) is 0. The maximum Gasteiger partial charge on any atom is 0.282 e. The summed E-state index contributed by atoms with van der Waals surface area (Å²) < 4.78 is 0. The van der Waals surface area contributed by atoms with Crippen LogP contribution in [0.1, 0.15) is 57.9 Å². The summed E-state index contributed by atoms with van der Waals surface area (Å²) in [6.45, 7) is 5.42. The number of aromatic nitrogens is 1. The molecule has 0 radical (unpaired) electrons. The average molecular weight is 467 g/mol. The van der Waals surface area contributed by atoms with E-state index in [-0.39, 0.29) is 5.91 Å². The smallest absolute Gasteiger partial charge is 0.282 e. The topological polar surface area (TPSA) is 48.8 Å². The second-order valence-corrected chi connectivity index (χ2v) is 8.78. The van der Waals surface area contributed by atoms with Crippen molar-refractivity contribution < 1.29 is 4.79 Å². The lowest BCUT2D eigenvalue weighted by atomic mass is 9.99. The highest BCUT2D eigenvalue weighted by molar-refractivity contribution is 6.30. The van der Waals surface area contributed by atoms with Crippen molar-refractivity contribution in [3.8, 4) is 0 Å². The molecule has 2 aliphatic heterocycles. The third-order valence-corrected chi connectivity index (χ3v) is 6.20. The molecule has 5 nitrogen and oxygen atoms in total. The molecule has 0 saturated carbocycles. The van der Waals surface area contributed by atoms with Gasteiger partial charge in [-0.15, -0.1) is 0 Å². The van der Waals surface area contributed by atoms with Crippen LogP contribution in [0.4, 0.5) is 11.5 Å². The van der Waals surface area contributed by atoms with E-state index in [2.05, 4.69) is 71.5 Å². The number of carbonyl (C=O) groups is 1. The maximum absolute atomic E-state index is 13.2. The highest BCUT2D eigenvalue weighted by Gasteiger charge is 2.30. The Balaban J connectivity index is 1.54. The van der Waals surface area contributed by atoms with Gasteiger partial charge in [0, 0.05) is 30.2 Å². The number of amides is 1. The van der Waals surface area contributed by atoms with Gasteiger partial charge in [-0.25, -0.2) is 4.98 Å². The number of nitrogens with zero attached hydrogens (tertiary/aromatic N) is 4. The first-order valence-corrected chi connectivity index (χ1v) is 12.7. The van der Waals surface area contributed by atoms with Gasteiger partial charge in [-0.05, 0) is 55.2 Å². The predicted molar refractivity (Wildman–Crippen MR) is 146 cm³/mol. The van der Waals surface area contributed by atoms with Crippen LogP contribution in [-0.4, -0.2) is 23.1 Å². The minimum Gasteiger partial charge on any atom is -0.347 e. The first kappa shape index (κ1) is 24.4. The maximum atomic E-state index is 13.2. The minimum atomic E-state index is -0.123. The SMILES string of the molecule is CCCCCC1=NN(c2ccccn2)C(=O)C1=C/C=C/C=C1\C=CN(CCCC)c2ccccc21. The summed E-state index contributed by atoms with van der Waals surface area (Å²) in [5.41, 5.74) is 5.10. The van der Waals surface area contributed by atoms with E-state index in [1.54, 1.807) is 6.20 Å². The van der Waals surface area contributed by atoms with Crippen LogP contribution in [0.15, 0.2) is 95.9 Å². The van der Waals surface area contributed by atoms with Crippen molar-refractivity contribution in [2.75, 3.05) is 16.5 Å².